The Bertz CT molecular complexity index is 418. The van der Waals surface area contributed by atoms with Crippen molar-refractivity contribution in [2.45, 2.75) is 23.3 Å². The molecule has 0 bridgehead atoms. The van der Waals surface area contributed by atoms with Gasteiger partial charge in [0.2, 0.25) is 0 Å². The number of fused-ring (bicyclic) bond motifs is 2. The Balaban J connectivity index is 2.13. The van der Waals surface area contributed by atoms with Crippen LogP contribution in [0.5, 0.6) is 0 Å². The van der Waals surface area contributed by atoms with Crippen LogP contribution in [0.3, 0.4) is 0 Å². The van der Waals surface area contributed by atoms with Crippen LogP contribution >= 0.6 is 39.5 Å². The molecule has 1 aliphatic carbocycles. The predicted octanol–water partition coefficient (Wildman–Crippen LogP) is 4.89. The molecular weight excluding hydrogens is 288 g/mol. The van der Waals surface area contributed by atoms with Crippen molar-refractivity contribution in [3.8, 4) is 0 Å². The number of aryl methyl sites for hydroxylation is 1. The minimum atomic E-state index is 0.289. The highest BCUT2D eigenvalue weighted by atomic mass is 79.9. The Morgan fingerprint density at radius 1 is 1.20 bits per heavy atom. The number of hydrogen-bond acceptors (Lipinski definition) is 2. The van der Waals surface area contributed by atoms with Crippen molar-refractivity contribution in [1.29, 1.82) is 0 Å². The largest absolute Gasteiger partial charge is 0.110 e. The van der Waals surface area contributed by atoms with Crippen LogP contribution in [0, 0.1) is 0 Å². The number of hydrogen-bond donors (Lipinski definition) is 0. The lowest BCUT2D eigenvalue weighted by molar-refractivity contribution is 0.644. The number of rotatable bonds is 0. The first kappa shape index (κ1) is 10.3. The molecular formula is C12H11BrS2. The molecule has 0 aromatic heterocycles. The molecule has 78 valence electrons. The molecule has 1 heterocycles. The first-order valence-electron chi connectivity index (χ1n) is 5.10. The summed E-state index contributed by atoms with van der Waals surface area (Å²) in [6.45, 7) is 0. The van der Waals surface area contributed by atoms with E-state index in [9.17, 15) is 0 Å². The predicted molar refractivity (Wildman–Crippen MR) is 73.1 cm³/mol. The van der Waals surface area contributed by atoms with Crippen molar-refractivity contribution >= 4 is 39.5 Å². The first-order chi connectivity index (χ1) is 7.30. The quantitative estimate of drug-likeness (QED) is 0.669. The van der Waals surface area contributed by atoms with Crippen LogP contribution in [0.1, 0.15) is 24.0 Å². The third-order valence-corrected chi connectivity index (χ3v) is 6.40. The van der Waals surface area contributed by atoms with Crippen molar-refractivity contribution in [3.05, 3.63) is 44.6 Å². The molecule has 0 nitrogen and oxygen atoms in total. The third-order valence-electron chi connectivity index (χ3n) is 3.01. The van der Waals surface area contributed by atoms with Crippen LogP contribution < -0.4 is 0 Å². The molecule has 3 rings (SSSR count). The van der Waals surface area contributed by atoms with Crippen molar-refractivity contribution in [1.82, 2.24) is 0 Å². The van der Waals surface area contributed by atoms with Crippen molar-refractivity contribution < 1.29 is 0 Å². The SMILES string of the molecule is Brc1ccc2c(c1)C1(CCC2)SC=CS1. The van der Waals surface area contributed by atoms with Crippen LogP contribution in [0.4, 0.5) is 0 Å². The lowest BCUT2D eigenvalue weighted by Gasteiger charge is -2.34. The van der Waals surface area contributed by atoms with Crippen molar-refractivity contribution in [3.63, 3.8) is 0 Å². The normalized spacial score (nSPS) is 21.9. The molecule has 0 fully saturated rings. The van der Waals surface area contributed by atoms with Gasteiger partial charge in [0.15, 0.2) is 0 Å². The van der Waals surface area contributed by atoms with Gasteiger partial charge in [0.1, 0.15) is 0 Å². The zero-order valence-corrected chi connectivity index (χ0v) is 11.4. The van der Waals surface area contributed by atoms with Gasteiger partial charge in [-0.05, 0) is 53.3 Å². The van der Waals surface area contributed by atoms with Gasteiger partial charge in [-0.1, -0.05) is 22.0 Å². The van der Waals surface area contributed by atoms with Gasteiger partial charge in [-0.15, -0.1) is 23.5 Å². The van der Waals surface area contributed by atoms with E-state index in [0.29, 0.717) is 0 Å². The second kappa shape index (κ2) is 3.86. The van der Waals surface area contributed by atoms with Crippen molar-refractivity contribution in [2.24, 2.45) is 0 Å². The van der Waals surface area contributed by atoms with Gasteiger partial charge in [-0.2, -0.15) is 0 Å². The third kappa shape index (κ3) is 1.69. The highest BCUT2D eigenvalue weighted by molar-refractivity contribution is 9.10. The molecule has 0 saturated carbocycles. The highest BCUT2D eigenvalue weighted by Gasteiger charge is 2.38. The van der Waals surface area contributed by atoms with Gasteiger partial charge in [-0.3, -0.25) is 0 Å². The van der Waals surface area contributed by atoms with Crippen molar-refractivity contribution in [2.75, 3.05) is 0 Å². The molecule has 0 N–H and O–H groups in total. The molecule has 2 aliphatic rings. The van der Waals surface area contributed by atoms with Gasteiger partial charge in [0.05, 0.1) is 4.08 Å². The molecule has 0 amide bonds. The number of thioether (sulfide) groups is 2. The van der Waals surface area contributed by atoms with Crippen LogP contribution in [0.2, 0.25) is 0 Å². The summed E-state index contributed by atoms with van der Waals surface area (Å²) >= 11 is 7.54. The smallest absolute Gasteiger partial charge is 0.0944 e. The van der Waals surface area contributed by atoms with Crippen LogP contribution in [0.15, 0.2) is 33.5 Å². The highest BCUT2D eigenvalue weighted by Crippen LogP contribution is 2.58. The monoisotopic (exact) mass is 298 g/mol. The molecule has 0 radical (unpaired) electrons. The second-order valence-corrected chi connectivity index (χ2v) is 7.50. The summed E-state index contributed by atoms with van der Waals surface area (Å²) in [4.78, 5) is 0. The van der Waals surface area contributed by atoms with E-state index in [1.165, 1.54) is 34.9 Å². The summed E-state index contributed by atoms with van der Waals surface area (Å²) in [5.41, 5.74) is 3.07. The first-order valence-corrected chi connectivity index (χ1v) is 7.65. The average Bonchev–Trinajstić information content (AvgIpc) is 2.69. The number of halogens is 1. The van der Waals surface area contributed by atoms with Gasteiger partial charge >= 0.3 is 0 Å². The average molecular weight is 299 g/mol. The van der Waals surface area contributed by atoms with Gasteiger partial charge in [-0.25, -0.2) is 0 Å². The van der Waals surface area contributed by atoms with E-state index in [0.717, 1.165) is 0 Å². The minimum Gasteiger partial charge on any atom is -0.110 e. The summed E-state index contributed by atoms with van der Waals surface area (Å²) in [6.07, 6.45) is 3.85. The lowest BCUT2D eigenvalue weighted by atomic mass is 9.91. The van der Waals surface area contributed by atoms with Crippen LogP contribution in [-0.4, -0.2) is 0 Å². The summed E-state index contributed by atoms with van der Waals surface area (Å²) in [6, 6.07) is 6.75. The van der Waals surface area contributed by atoms with E-state index < -0.39 is 0 Å². The Morgan fingerprint density at radius 2 is 2.00 bits per heavy atom. The molecule has 1 spiro atoms. The fourth-order valence-electron chi connectivity index (χ4n) is 2.32. The van der Waals surface area contributed by atoms with E-state index in [4.69, 9.17) is 0 Å². The molecule has 1 aliphatic heterocycles. The van der Waals surface area contributed by atoms with E-state index >= 15 is 0 Å². The summed E-state index contributed by atoms with van der Waals surface area (Å²) < 4.78 is 1.49. The molecule has 0 atom stereocenters. The maximum Gasteiger partial charge on any atom is 0.0944 e. The maximum atomic E-state index is 3.58. The minimum absolute atomic E-state index is 0.289. The standard InChI is InChI=1S/C12H11BrS2/c13-10-4-3-9-2-1-5-12(11(9)8-10)14-6-7-15-12/h3-4,6-8H,1-2,5H2. The van der Waals surface area contributed by atoms with E-state index in [1.807, 2.05) is 23.5 Å². The van der Waals surface area contributed by atoms with E-state index in [-0.39, 0.29) is 4.08 Å². The summed E-state index contributed by atoms with van der Waals surface area (Å²) in [5.74, 6) is 0. The summed E-state index contributed by atoms with van der Waals surface area (Å²) in [5, 5.41) is 4.47. The Labute approximate surface area is 107 Å². The number of benzene rings is 1. The molecule has 1 aromatic carbocycles. The lowest BCUT2D eigenvalue weighted by Crippen LogP contribution is -2.21. The Hall–Kier alpha value is 0.140. The maximum absolute atomic E-state index is 3.58. The zero-order chi connectivity index (χ0) is 10.3. The van der Waals surface area contributed by atoms with Crippen LogP contribution in [-0.2, 0) is 10.5 Å². The van der Waals surface area contributed by atoms with Gasteiger partial charge in [0, 0.05) is 4.47 Å². The second-order valence-electron chi connectivity index (χ2n) is 3.92. The van der Waals surface area contributed by atoms with E-state index in [1.54, 1.807) is 0 Å². The zero-order valence-electron chi connectivity index (χ0n) is 8.20. The molecule has 0 unspecified atom stereocenters. The Kier molecular flexibility index (Phi) is 2.65. The van der Waals surface area contributed by atoms with E-state index in [2.05, 4.69) is 44.9 Å². The van der Waals surface area contributed by atoms with Crippen LogP contribution in [0.25, 0.3) is 0 Å². The fraction of sp³-hybridized carbons (Fsp3) is 0.333. The topological polar surface area (TPSA) is 0 Å². The fourth-order valence-corrected chi connectivity index (χ4v) is 5.27. The molecule has 0 saturated heterocycles. The molecule has 3 heteroatoms. The van der Waals surface area contributed by atoms with Gasteiger partial charge in [0.25, 0.3) is 0 Å². The Morgan fingerprint density at radius 3 is 2.80 bits per heavy atom. The molecule has 1 aromatic rings. The van der Waals surface area contributed by atoms with Gasteiger partial charge < -0.3 is 0 Å². The summed E-state index contributed by atoms with van der Waals surface area (Å²) in [7, 11) is 0. The molecule has 15 heavy (non-hydrogen) atoms.